The van der Waals surface area contributed by atoms with E-state index in [9.17, 15) is 0 Å². The highest BCUT2D eigenvalue weighted by atomic mass is 35.5. The molecule has 1 aromatic carbocycles. The van der Waals surface area contributed by atoms with Gasteiger partial charge in [-0.3, -0.25) is 0 Å². The van der Waals surface area contributed by atoms with E-state index in [0.29, 0.717) is 6.54 Å². The first-order valence-electron chi connectivity index (χ1n) is 6.45. The van der Waals surface area contributed by atoms with Crippen LogP contribution < -0.4 is 5.73 Å². The van der Waals surface area contributed by atoms with Gasteiger partial charge < -0.3 is 5.73 Å². The van der Waals surface area contributed by atoms with Gasteiger partial charge in [0.25, 0.3) is 0 Å². The van der Waals surface area contributed by atoms with E-state index in [1.807, 2.05) is 17.8 Å². The van der Waals surface area contributed by atoms with Gasteiger partial charge in [0.2, 0.25) is 0 Å². The molecule has 94 valence electrons. The first-order chi connectivity index (χ1) is 8.29. The lowest BCUT2D eigenvalue weighted by molar-refractivity contribution is 0.516. The summed E-state index contributed by atoms with van der Waals surface area (Å²) in [6, 6.07) is 6.20. The Morgan fingerprint density at radius 1 is 1.24 bits per heavy atom. The van der Waals surface area contributed by atoms with E-state index in [-0.39, 0.29) is 0 Å². The highest BCUT2D eigenvalue weighted by Gasteiger charge is 2.16. The van der Waals surface area contributed by atoms with Gasteiger partial charge in [0.05, 0.1) is 0 Å². The van der Waals surface area contributed by atoms with E-state index in [4.69, 9.17) is 17.3 Å². The molecule has 0 unspecified atom stereocenters. The van der Waals surface area contributed by atoms with Crippen molar-refractivity contribution >= 4 is 23.4 Å². The Labute approximate surface area is 113 Å². The van der Waals surface area contributed by atoms with Crippen molar-refractivity contribution in [1.29, 1.82) is 0 Å². The SMILES string of the molecule is NCCc1ccc(Cl)cc1SC1CCCCC1. The van der Waals surface area contributed by atoms with Gasteiger partial charge >= 0.3 is 0 Å². The van der Waals surface area contributed by atoms with Gasteiger partial charge in [-0.25, -0.2) is 0 Å². The van der Waals surface area contributed by atoms with E-state index in [1.165, 1.54) is 42.6 Å². The second-order valence-corrected chi connectivity index (χ2v) is 6.45. The third kappa shape index (κ3) is 3.90. The third-order valence-electron chi connectivity index (χ3n) is 3.29. The Morgan fingerprint density at radius 2 is 2.00 bits per heavy atom. The average molecular weight is 270 g/mol. The van der Waals surface area contributed by atoms with E-state index in [2.05, 4.69) is 12.1 Å². The summed E-state index contributed by atoms with van der Waals surface area (Å²) in [7, 11) is 0. The normalized spacial score (nSPS) is 17.3. The number of hydrogen-bond acceptors (Lipinski definition) is 2. The first-order valence-corrected chi connectivity index (χ1v) is 7.70. The molecular formula is C14H20ClNS. The minimum absolute atomic E-state index is 0.708. The number of rotatable bonds is 4. The van der Waals surface area contributed by atoms with Gasteiger partial charge in [-0.1, -0.05) is 36.9 Å². The van der Waals surface area contributed by atoms with Gasteiger partial charge in [0, 0.05) is 15.2 Å². The molecule has 0 aliphatic heterocycles. The molecule has 0 amide bonds. The van der Waals surface area contributed by atoms with Gasteiger partial charge in [0.15, 0.2) is 0 Å². The Bertz CT molecular complexity index is 361. The van der Waals surface area contributed by atoms with Crippen molar-refractivity contribution in [3.8, 4) is 0 Å². The Hall–Kier alpha value is -0.180. The van der Waals surface area contributed by atoms with Crippen LogP contribution in [0.15, 0.2) is 23.1 Å². The zero-order chi connectivity index (χ0) is 12.1. The summed E-state index contributed by atoms with van der Waals surface area (Å²) in [5.41, 5.74) is 7.01. The minimum Gasteiger partial charge on any atom is -0.330 e. The standard InChI is InChI=1S/C14H20ClNS/c15-12-7-6-11(8-9-16)14(10-12)17-13-4-2-1-3-5-13/h6-7,10,13H,1-5,8-9,16H2. The lowest BCUT2D eigenvalue weighted by atomic mass is 10.0. The van der Waals surface area contributed by atoms with Crippen molar-refractivity contribution in [2.24, 2.45) is 5.73 Å². The van der Waals surface area contributed by atoms with Crippen molar-refractivity contribution in [3.63, 3.8) is 0 Å². The second kappa shape index (κ2) is 6.67. The summed E-state index contributed by atoms with van der Waals surface area (Å²) in [5, 5.41) is 1.61. The predicted molar refractivity (Wildman–Crippen MR) is 76.9 cm³/mol. The van der Waals surface area contributed by atoms with E-state index < -0.39 is 0 Å². The molecule has 17 heavy (non-hydrogen) atoms. The summed E-state index contributed by atoms with van der Waals surface area (Å²) in [6.45, 7) is 0.708. The fourth-order valence-electron chi connectivity index (χ4n) is 2.36. The molecule has 0 bridgehead atoms. The molecule has 1 fully saturated rings. The van der Waals surface area contributed by atoms with Crippen LogP contribution in [0.3, 0.4) is 0 Å². The molecule has 1 aliphatic carbocycles. The van der Waals surface area contributed by atoms with Crippen molar-refractivity contribution < 1.29 is 0 Å². The third-order valence-corrected chi connectivity index (χ3v) is 4.96. The highest BCUT2D eigenvalue weighted by Crippen LogP contribution is 2.36. The predicted octanol–water partition coefficient (Wildman–Crippen LogP) is 4.27. The van der Waals surface area contributed by atoms with Gasteiger partial charge in [-0.15, -0.1) is 11.8 Å². The van der Waals surface area contributed by atoms with Crippen molar-refractivity contribution in [2.45, 2.75) is 48.7 Å². The molecular weight excluding hydrogens is 250 g/mol. The topological polar surface area (TPSA) is 26.0 Å². The second-order valence-electron chi connectivity index (χ2n) is 4.67. The molecule has 0 heterocycles. The zero-order valence-corrected chi connectivity index (χ0v) is 11.7. The molecule has 0 saturated heterocycles. The maximum absolute atomic E-state index is 6.09. The van der Waals surface area contributed by atoms with Crippen LogP contribution >= 0.6 is 23.4 Å². The molecule has 1 aromatic rings. The molecule has 1 nitrogen and oxygen atoms in total. The zero-order valence-electron chi connectivity index (χ0n) is 10.1. The smallest absolute Gasteiger partial charge is 0.0417 e. The average Bonchev–Trinajstić information content (AvgIpc) is 2.34. The molecule has 0 atom stereocenters. The summed E-state index contributed by atoms with van der Waals surface area (Å²) in [4.78, 5) is 1.34. The van der Waals surface area contributed by atoms with E-state index >= 15 is 0 Å². The van der Waals surface area contributed by atoms with Crippen molar-refractivity contribution in [2.75, 3.05) is 6.54 Å². The fraction of sp³-hybridized carbons (Fsp3) is 0.571. The molecule has 0 spiro atoms. The number of benzene rings is 1. The monoisotopic (exact) mass is 269 g/mol. The van der Waals surface area contributed by atoms with E-state index in [1.54, 1.807) is 0 Å². The van der Waals surface area contributed by atoms with Crippen LogP contribution in [-0.2, 0) is 6.42 Å². The Morgan fingerprint density at radius 3 is 2.71 bits per heavy atom. The minimum atomic E-state index is 0.708. The van der Waals surface area contributed by atoms with Crippen LogP contribution in [0.2, 0.25) is 5.02 Å². The quantitative estimate of drug-likeness (QED) is 0.884. The van der Waals surface area contributed by atoms with E-state index in [0.717, 1.165) is 16.7 Å². The molecule has 0 aromatic heterocycles. The highest BCUT2D eigenvalue weighted by molar-refractivity contribution is 8.00. The summed E-state index contributed by atoms with van der Waals surface area (Å²) in [6.07, 6.45) is 7.81. The van der Waals surface area contributed by atoms with Gasteiger partial charge in [-0.2, -0.15) is 0 Å². The number of halogens is 1. The van der Waals surface area contributed by atoms with Crippen LogP contribution in [0, 0.1) is 0 Å². The number of hydrogen-bond donors (Lipinski definition) is 1. The maximum atomic E-state index is 6.09. The number of thioether (sulfide) groups is 1. The molecule has 2 rings (SSSR count). The van der Waals surface area contributed by atoms with Crippen molar-refractivity contribution in [3.05, 3.63) is 28.8 Å². The van der Waals surface area contributed by atoms with Crippen LogP contribution in [-0.4, -0.2) is 11.8 Å². The van der Waals surface area contributed by atoms with Crippen LogP contribution in [0.1, 0.15) is 37.7 Å². The van der Waals surface area contributed by atoms with Gasteiger partial charge in [-0.05, 0) is 43.5 Å². The Balaban J connectivity index is 2.08. The lowest BCUT2D eigenvalue weighted by Crippen LogP contribution is -2.09. The van der Waals surface area contributed by atoms with Crippen LogP contribution in [0.5, 0.6) is 0 Å². The fourth-order valence-corrected chi connectivity index (χ4v) is 4.04. The molecule has 1 aliphatic rings. The largest absolute Gasteiger partial charge is 0.330 e. The Kier molecular flexibility index (Phi) is 5.20. The molecule has 0 radical (unpaired) electrons. The summed E-state index contributed by atoms with van der Waals surface area (Å²) in [5.74, 6) is 0. The molecule has 3 heteroatoms. The lowest BCUT2D eigenvalue weighted by Gasteiger charge is -2.22. The first kappa shape index (κ1) is 13.3. The molecule has 2 N–H and O–H groups in total. The van der Waals surface area contributed by atoms with Gasteiger partial charge in [0.1, 0.15) is 0 Å². The summed E-state index contributed by atoms with van der Waals surface area (Å²) >= 11 is 8.10. The maximum Gasteiger partial charge on any atom is 0.0417 e. The van der Waals surface area contributed by atoms with Crippen molar-refractivity contribution in [1.82, 2.24) is 0 Å². The summed E-state index contributed by atoms with van der Waals surface area (Å²) < 4.78 is 0. The van der Waals surface area contributed by atoms with Crippen LogP contribution in [0.25, 0.3) is 0 Å². The number of nitrogens with two attached hydrogens (primary N) is 1. The van der Waals surface area contributed by atoms with Crippen LogP contribution in [0.4, 0.5) is 0 Å². The molecule has 1 saturated carbocycles.